The maximum absolute atomic E-state index is 6.06. The van der Waals surface area contributed by atoms with Gasteiger partial charge in [0.25, 0.3) is 0 Å². The molecule has 20 heavy (non-hydrogen) atoms. The molecular formula is C16H29N3S. The molecule has 1 aromatic heterocycles. The highest BCUT2D eigenvalue weighted by Gasteiger charge is 2.29. The van der Waals surface area contributed by atoms with Gasteiger partial charge in [-0.1, -0.05) is 13.8 Å². The molecule has 1 fully saturated rings. The molecule has 2 N–H and O–H groups in total. The lowest BCUT2D eigenvalue weighted by Crippen LogP contribution is -2.38. The standard InChI is InChI=1S/C16H29N3S/c1-11(2)10-19-7-5-14(6-8-19)15(9-17)16-18-12(3)13(4)20-16/h11,14-15H,5-10,17H2,1-4H3. The summed E-state index contributed by atoms with van der Waals surface area (Å²) < 4.78 is 0. The lowest BCUT2D eigenvalue weighted by Gasteiger charge is -2.35. The smallest absolute Gasteiger partial charge is 0.0977 e. The molecule has 1 aliphatic rings. The Balaban J connectivity index is 1.96. The van der Waals surface area contributed by atoms with Crippen molar-refractivity contribution in [2.24, 2.45) is 17.6 Å². The molecule has 1 atom stereocenters. The van der Waals surface area contributed by atoms with E-state index in [4.69, 9.17) is 10.7 Å². The number of nitrogens with zero attached hydrogens (tertiary/aromatic N) is 2. The summed E-state index contributed by atoms with van der Waals surface area (Å²) in [5.74, 6) is 1.95. The van der Waals surface area contributed by atoms with Crippen LogP contribution in [0.3, 0.4) is 0 Å². The van der Waals surface area contributed by atoms with Crippen molar-refractivity contribution < 1.29 is 0 Å². The summed E-state index contributed by atoms with van der Waals surface area (Å²) in [4.78, 5) is 8.70. The number of aromatic nitrogens is 1. The molecular weight excluding hydrogens is 266 g/mol. The average Bonchev–Trinajstić information content (AvgIpc) is 2.72. The van der Waals surface area contributed by atoms with Gasteiger partial charge in [-0.15, -0.1) is 11.3 Å². The van der Waals surface area contributed by atoms with E-state index in [-0.39, 0.29) is 0 Å². The molecule has 0 aromatic carbocycles. The van der Waals surface area contributed by atoms with E-state index in [9.17, 15) is 0 Å². The molecule has 1 aliphatic heterocycles. The average molecular weight is 295 g/mol. The van der Waals surface area contributed by atoms with Crippen molar-refractivity contribution in [1.82, 2.24) is 9.88 Å². The SMILES string of the molecule is Cc1nc(C(CN)C2CCN(CC(C)C)CC2)sc1C. The highest BCUT2D eigenvalue weighted by Crippen LogP contribution is 2.35. The van der Waals surface area contributed by atoms with Crippen molar-refractivity contribution in [3.05, 3.63) is 15.6 Å². The second-order valence-corrected chi connectivity index (χ2v) is 7.80. The van der Waals surface area contributed by atoms with E-state index in [2.05, 4.69) is 32.6 Å². The van der Waals surface area contributed by atoms with Crippen molar-refractivity contribution in [3.63, 3.8) is 0 Å². The van der Waals surface area contributed by atoms with Gasteiger partial charge in [0, 0.05) is 23.9 Å². The monoisotopic (exact) mass is 295 g/mol. The Bertz CT molecular complexity index is 400. The van der Waals surface area contributed by atoms with Gasteiger partial charge in [0.05, 0.1) is 10.7 Å². The Morgan fingerprint density at radius 1 is 1.30 bits per heavy atom. The van der Waals surface area contributed by atoms with E-state index >= 15 is 0 Å². The first-order valence-electron chi connectivity index (χ1n) is 7.87. The number of piperidine rings is 1. The lowest BCUT2D eigenvalue weighted by molar-refractivity contribution is 0.155. The van der Waals surface area contributed by atoms with Crippen LogP contribution >= 0.6 is 11.3 Å². The van der Waals surface area contributed by atoms with Gasteiger partial charge >= 0.3 is 0 Å². The van der Waals surface area contributed by atoms with Gasteiger partial charge in [-0.05, 0) is 51.6 Å². The quantitative estimate of drug-likeness (QED) is 0.907. The Hall–Kier alpha value is -0.450. The third kappa shape index (κ3) is 3.80. The fourth-order valence-corrected chi connectivity index (χ4v) is 4.33. The van der Waals surface area contributed by atoms with Crippen molar-refractivity contribution in [3.8, 4) is 0 Å². The second-order valence-electron chi connectivity index (χ2n) is 6.57. The predicted molar refractivity (Wildman–Crippen MR) is 87.4 cm³/mol. The molecule has 1 saturated heterocycles. The van der Waals surface area contributed by atoms with E-state index in [0.29, 0.717) is 11.8 Å². The van der Waals surface area contributed by atoms with Gasteiger partial charge in [0.15, 0.2) is 0 Å². The summed E-state index contributed by atoms with van der Waals surface area (Å²) in [7, 11) is 0. The minimum absolute atomic E-state index is 0.466. The molecule has 0 saturated carbocycles. The first kappa shape index (κ1) is 15.9. The van der Waals surface area contributed by atoms with Crippen LogP contribution in [0, 0.1) is 25.7 Å². The summed E-state index contributed by atoms with van der Waals surface area (Å²) in [5, 5.41) is 1.27. The van der Waals surface area contributed by atoms with E-state index in [1.54, 1.807) is 0 Å². The fraction of sp³-hybridized carbons (Fsp3) is 0.812. The number of aryl methyl sites for hydroxylation is 2. The fourth-order valence-electron chi connectivity index (χ4n) is 3.21. The summed E-state index contributed by atoms with van der Waals surface area (Å²) >= 11 is 1.85. The molecule has 0 radical (unpaired) electrons. The van der Waals surface area contributed by atoms with E-state index in [0.717, 1.165) is 12.5 Å². The molecule has 114 valence electrons. The molecule has 1 unspecified atom stereocenters. The summed E-state index contributed by atoms with van der Waals surface area (Å²) in [6.45, 7) is 13.3. The topological polar surface area (TPSA) is 42.1 Å². The van der Waals surface area contributed by atoms with Gasteiger partial charge in [-0.25, -0.2) is 4.98 Å². The maximum atomic E-state index is 6.06. The maximum Gasteiger partial charge on any atom is 0.0977 e. The van der Waals surface area contributed by atoms with Crippen LogP contribution in [0.15, 0.2) is 0 Å². The molecule has 0 spiro atoms. The number of thiazole rings is 1. The molecule has 2 heterocycles. The predicted octanol–water partition coefficient (Wildman–Crippen LogP) is 3.17. The molecule has 3 nitrogen and oxygen atoms in total. The lowest BCUT2D eigenvalue weighted by atomic mass is 9.84. The summed E-state index contributed by atoms with van der Waals surface area (Å²) in [6.07, 6.45) is 2.54. The molecule has 0 aliphatic carbocycles. The van der Waals surface area contributed by atoms with Crippen LogP contribution in [0.4, 0.5) is 0 Å². The van der Waals surface area contributed by atoms with E-state index < -0.39 is 0 Å². The van der Waals surface area contributed by atoms with Gasteiger partial charge in [0.2, 0.25) is 0 Å². The summed E-state index contributed by atoms with van der Waals surface area (Å²) in [6, 6.07) is 0. The minimum Gasteiger partial charge on any atom is -0.330 e. The third-order valence-electron chi connectivity index (χ3n) is 4.44. The number of hydrogen-bond acceptors (Lipinski definition) is 4. The summed E-state index contributed by atoms with van der Waals surface area (Å²) in [5.41, 5.74) is 7.24. The number of nitrogens with two attached hydrogens (primary N) is 1. The van der Waals surface area contributed by atoms with Crippen molar-refractivity contribution in [1.29, 1.82) is 0 Å². The molecule has 1 aromatic rings. The third-order valence-corrected chi connectivity index (χ3v) is 5.65. The van der Waals surface area contributed by atoms with Crippen LogP contribution in [-0.4, -0.2) is 36.1 Å². The van der Waals surface area contributed by atoms with Crippen LogP contribution in [-0.2, 0) is 0 Å². The number of rotatable bonds is 5. The zero-order valence-electron chi connectivity index (χ0n) is 13.4. The highest BCUT2D eigenvalue weighted by molar-refractivity contribution is 7.11. The van der Waals surface area contributed by atoms with Gasteiger partial charge < -0.3 is 10.6 Å². The van der Waals surface area contributed by atoms with Crippen LogP contribution < -0.4 is 5.73 Å². The second kappa shape index (κ2) is 7.01. The molecule has 0 bridgehead atoms. The minimum atomic E-state index is 0.466. The zero-order valence-corrected chi connectivity index (χ0v) is 14.2. The molecule has 0 amide bonds. The molecule has 4 heteroatoms. The van der Waals surface area contributed by atoms with E-state index in [1.807, 2.05) is 11.3 Å². The number of likely N-dealkylation sites (tertiary alicyclic amines) is 1. The largest absolute Gasteiger partial charge is 0.330 e. The Labute approximate surface area is 127 Å². The van der Waals surface area contributed by atoms with E-state index in [1.165, 1.54) is 48.1 Å². The first-order chi connectivity index (χ1) is 9.51. The van der Waals surface area contributed by atoms with Crippen LogP contribution in [0.5, 0.6) is 0 Å². The van der Waals surface area contributed by atoms with Crippen LogP contribution in [0.1, 0.15) is 48.2 Å². The van der Waals surface area contributed by atoms with Crippen LogP contribution in [0.25, 0.3) is 0 Å². The Morgan fingerprint density at radius 2 is 1.95 bits per heavy atom. The number of hydrogen-bond donors (Lipinski definition) is 1. The normalized spacial score (nSPS) is 19.7. The highest BCUT2D eigenvalue weighted by atomic mass is 32.1. The van der Waals surface area contributed by atoms with Crippen molar-refractivity contribution in [2.75, 3.05) is 26.2 Å². The van der Waals surface area contributed by atoms with Crippen molar-refractivity contribution >= 4 is 11.3 Å². The van der Waals surface area contributed by atoms with Gasteiger partial charge in [-0.2, -0.15) is 0 Å². The first-order valence-corrected chi connectivity index (χ1v) is 8.69. The van der Waals surface area contributed by atoms with Gasteiger partial charge in [0.1, 0.15) is 0 Å². The Morgan fingerprint density at radius 3 is 2.40 bits per heavy atom. The molecule has 2 rings (SSSR count). The Kier molecular flexibility index (Phi) is 5.58. The van der Waals surface area contributed by atoms with Gasteiger partial charge in [-0.3, -0.25) is 0 Å². The van der Waals surface area contributed by atoms with Crippen LogP contribution in [0.2, 0.25) is 0 Å². The zero-order chi connectivity index (χ0) is 14.7. The van der Waals surface area contributed by atoms with Crippen molar-refractivity contribution in [2.45, 2.75) is 46.5 Å².